The van der Waals surface area contributed by atoms with Crippen molar-refractivity contribution in [3.63, 3.8) is 0 Å². The van der Waals surface area contributed by atoms with Gasteiger partial charge >= 0.3 is 0 Å². The van der Waals surface area contributed by atoms with Gasteiger partial charge in [-0.1, -0.05) is 18.2 Å². The van der Waals surface area contributed by atoms with Crippen LogP contribution >= 0.6 is 0 Å². The minimum absolute atomic E-state index is 0.0172. The largest absolute Gasteiger partial charge is 0.492 e. The van der Waals surface area contributed by atoms with E-state index < -0.39 is 5.95 Å². The Morgan fingerprint density at radius 3 is 2.90 bits per heavy atom. The van der Waals surface area contributed by atoms with Gasteiger partial charge in [-0.3, -0.25) is 4.90 Å². The maximum atomic E-state index is 14.0. The van der Waals surface area contributed by atoms with Gasteiger partial charge in [-0.15, -0.1) is 0 Å². The van der Waals surface area contributed by atoms with E-state index in [9.17, 15) is 4.39 Å². The third-order valence-electron chi connectivity index (χ3n) is 5.52. The first kappa shape index (κ1) is 20.1. The predicted octanol–water partition coefficient (Wildman–Crippen LogP) is 3.23. The van der Waals surface area contributed by atoms with E-state index >= 15 is 0 Å². The predicted molar refractivity (Wildman–Crippen MR) is 108 cm³/mol. The van der Waals surface area contributed by atoms with Gasteiger partial charge in [-0.2, -0.15) is 4.39 Å². The molecule has 0 radical (unpaired) electrons. The van der Waals surface area contributed by atoms with E-state index in [1.165, 1.54) is 7.11 Å². The van der Waals surface area contributed by atoms with Crippen molar-refractivity contribution in [3.05, 3.63) is 53.1 Å². The lowest BCUT2D eigenvalue weighted by atomic mass is 9.96. The van der Waals surface area contributed by atoms with Gasteiger partial charge in [0.2, 0.25) is 0 Å². The summed E-state index contributed by atoms with van der Waals surface area (Å²) in [5.41, 5.74) is 2.90. The molecular weight excluding hydrogens is 373 g/mol. The monoisotopic (exact) mass is 401 g/mol. The lowest BCUT2D eigenvalue weighted by Crippen LogP contribution is -2.49. The summed E-state index contributed by atoms with van der Waals surface area (Å²) in [6.07, 6.45) is 1.75. The fraction of sp³-hybridized carbons (Fsp3) is 0.500. The van der Waals surface area contributed by atoms with Crippen LogP contribution in [0.15, 0.2) is 30.5 Å². The third-order valence-corrected chi connectivity index (χ3v) is 5.52. The molecule has 4 rings (SSSR count). The number of rotatable bonds is 5. The fourth-order valence-electron chi connectivity index (χ4n) is 4.22. The van der Waals surface area contributed by atoms with E-state index in [-0.39, 0.29) is 23.9 Å². The van der Waals surface area contributed by atoms with Gasteiger partial charge in [0.25, 0.3) is 5.95 Å². The zero-order chi connectivity index (χ0) is 20.4. The summed E-state index contributed by atoms with van der Waals surface area (Å²) < 4.78 is 31.2. The maximum Gasteiger partial charge on any atom is 0.255 e. The number of hydrogen-bond donors (Lipinski definition) is 1. The first-order valence-corrected chi connectivity index (χ1v) is 10.1. The average Bonchev–Trinajstić information content (AvgIpc) is 2.73. The molecule has 0 bridgehead atoms. The number of pyridine rings is 1. The lowest BCUT2D eigenvalue weighted by molar-refractivity contribution is 0.0186. The second kappa shape index (κ2) is 8.65. The molecule has 2 aromatic rings. The standard InChI is InChI=1S/C22H28FN3O3/c1-14(2)29-20-7-5-4-6-15(20)18-11-26(9-8-24-18)19-13-28-12-17-16(19)10-25-22(23)21(17)27-3/h4-7,10,14,18-19,24H,8-9,11-13H2,1-3H3/t18-,19-/m0/s1. The molecule has 1 aromatic heterocycles. The fourth-order valence-corrected chi connectivity index (χ4v) is 4.22. The average molecular weight is 401 g/mol. The van der Waals surface area contributed by atoms with Crippen LogP contribution in [0.5, 0.6) is 11.5 Å². The lowest BCUT2D eigenvalue weighted by Gasteiger charge is -2.41. The summed E-state index contributed by atoms with van der Waals surface area (Å²) in [6.45, 7) is 7.48. The Morgan fingerprint density at radius 1 is 1.28 bits per heavy atom. The van der Waals surface area contributed by atoms with E-state index in [0.29, 0.717) is 13.2 Å². The Labute approximate surface area is 171 Å². The Bertz CT molecular complexity index is 861. The van der Waals surface area contributed by atoms with Crippen LogP contribution in [0.3, 0.4) is 0 Å². The molecule has 7 heteroatoms. The van der Waals surface area contributed by atoms with E-state index in [4.69, 9.17) is 14.2 Å². The molecular formula is C22H28FN3O3. The van der Waals surface area contributed by atoms with E-state index in [2.05, 4.69) is 21.3 Å². The number of para-hydroxylation sites is 1. The second-order valence-corrected chi connectivity index (χ2v) is 7.75. The number of ether oxygens (including phenoxy) is 3. The number of nitrogens with zero attached hydrogens (tertiary/aromatic N) is 2. The topological polar surface area (TPSA) is 55.9 Å². The molecule has 0 unspecified atom stereocenters. The zero-order valence-electron chi connectivity index (χ0n) is 17.2. The molecule has 3 heterocycles. The van der Waals surface area contributed by atoms with Crippen molar-refractivity contribution in [2.24, 2.45) is 0 Å². The van der Waals surface area contributed by atoms with Crippen molar-refractivity contribution in [2.75, 3.05) is 33.4 Å². The molecule has 0 amide bonds. The normalized spacial score (nSPS) is 22.4. The van der Waals surface area contributed by atoms with Gasteiger partial charge < -0.3 is 19.5 Å². The third kappa shape index (κ3) is 4.08. The molecule has 156 valence electrons. The molecule has 0 spiro atoms. The van der Waals surface area contributed by atoms with Crippen LogP contribution in [0.4, 0.5) is 4.39 Å². The molecule has 1 aromatic carbocycles. The molecule has 6 nitrogen and oxygen atoms in total. The number of benzene rings is 1. The van der Waals surface area contributed by atoms with Crippen LogP contribution in [-0.2, 0) is 11.3 Å². The Hall–Kier alpha value is -2.22. The number of halogens is 1. The molecule has 2 aliphatic rings. The van der Waals surface area contributed by atoms with Crippen LogP contribution in [0.25, 0.3) is 0 Å². The Morgan fingerprint density at radius 2 is 2.10 bits per heavy atom. The van der Waals surface area contributed by atoms with E-state index in [1.807, 2.05) is 32.0 Å². The molecule has 1 saturated heterocycles. The smallest absolute Gasteiger partial charge is 0.255 e. The number of methoxy groups -OCH3 is 1. The van der Waals surface area contributed by atoms with Crippen LogP contribution < -0.4 is 14.8 Å². The summed E-state index contributed by atoms with van der Waals surface area (Å²) in [6, 6.07) is 8.33. The number of hydrogen-bond acceptors (Lipinski definition) is 6. The number of aromatic nitrogens is 1. The summed E-state index contributed by atoms with van der Waals surface area (Å²) >= 11 is 0. The molecule has 2 aliphatic heterocycles. The first-order valence-electron chi connectivity index (χ1n) is 10.1. The number of piperazine rings is 1. The van der Waals surface area contributed by atoms with Crippen molar-refractivity contribution >= 4 is 0 Å². The van der Waals surface area contributed by atoms with Gasteiger partial charge in [-0.05, 0) is 25.5 Å². The molecule has 2 atom stereocenters. The number of nitrogens with one attached hydrogen (secondary N) is 1. The summed E-state index contributed by atoms with van der Waals surface area (Å²) in [5, 5.41) is 3.61. The summed E-state index contributed by atoms with van der Waals surface area (Å²) in [7, 11) is 1.47. The quantitative estimate of drug-likeness (QED) is 0.777. The highest BCUT2D eigenvalue weighted by Crippen LogP contribution is 2.37. The highest BCUT2D eigenvalue weighted by Gasteiger charge is 2.34. The first-order chi connectivity index (χ1) is 14.1. The van der Waals surface area contributed by atoms with Crippen molar-refractivity contribution < 1.29 is 18.6 Å². The van der Waals surface area contributed by atoms with Crippen molar-refractivity contribution in [1.82, 2.24) is 15.2 Å². The van der Waals surface area contributed by atoms with Crippen molar-refractivity contribution in [3.8, 4) is 11.5 Å². The van der Waals surface area contributed by atoms with Crippen LogP contribution in [0.2, 0.25) is 0 Å². The molecule has 29 heavy (non-hydrogen) atoms. The maximum absolute atomic E-state index is 14.0. The highest BCUT2D eigenvalue weighted by atomic mass is 19.1. The van der Waals surface area contributed by atoms with Gasteiger partial charge in [0, 0.05) is 43.0 Å². The molecule has 0 aliphatic carbocycles. The summed E-state index contributed by atoms with van der Waals surface area (Å²) in [5.74, 6) is 0.510. The van der Waals surface area contributed by atoms with Crippen LogP contribution in [0.1, 0.15) is 42.6 Å². The molecule has 0 saturated carbocycles. The van der Waals surface area contributed by atoms with Crippen LogP contribution in [-0.4, -0.2) is 49.3 Å². The SMILES string of the molecule is COc1c(F)ncc2c1COC[C@@H]2N1CCN[C@H](c2ccccc2OC(C)C)C1. The Balaban J connectivity index is 1.60. The zero-order valence-corrected chi connectivity index (χ0v) is 17.2. The molecule has 1 N–H and O–H groups in total. The van der Waals surface area contributed by atoms with Gasteiger partial charge in [0.15, 0.2) is 5.75 Å². The Kier molecular flexibility index (Phi) is 5.99. The van der Waals surface area contributed by atoms with Gasteiger partial charge in [-0.25, -0.2) is 4.98 Å². The minimum Gasteiger partial charge on any atom is -0.492 e. The van der Waals surface area contributed by atoms with Gasteiger partial charge in [0.1, 0.15) is 5.75 Å². The van der Waals surface area contributed by atoms with Crippen LogP contribution in [0, 0.1) is 5.95 Å². The van der Waals surface area contributed by atoms with Crippen molar-refractivity contribution in [1.29, 1.82) is 0 Å². The van der Waals surface area contributed by atoms with Crippen molar-refractivity contribution in [2.45, 2.75) is 38.6 Å². The second-order valence-electron chi connectivity index (χ2n) is 7.75. The van der Waals surface area contributed by atoms with E-state index in [1.54, 1.807) is 6.20 Å². The minimum atomic E-state index is -0.589. The highest BCUT2D eigenvalue weighted by molar-refractivity contribution is 5.41. The molecule has 1 fully saturated rings. The number of fused-ring (bicyclic) bond motifs is 1. The summed E-state index contributed by atoms with van der Waals surface area (Å²) in [4.78, 5) is 6.30. The van der Waals surface area contributed by atoms with E-state index in [0.717, 1.165) is 42.1 Å². The van der Waals surface area contributed by atoms with Gasteiger partial charge in [0.05, 0.1) is 32.5 Å².